The summed E-state index contributed by atoms with van der Waals surface area (Å²) in [7, 11) is -3.56. The summed E-state index contributed by atoms with van der Waals surface area (Å²) < 4.78 is 26.8. The van der Waals surface area contributed by atoms with Crippen LogP contribution in [0.25, 0.3) is 12.2 Å². The number of rotatable bonds is 6. The molecule has 4 nitrogen and oxygen atoms in total. The number of hydrogen-bond donors (Lipinski definition) is 0. The molecule has 2 aromatic carbocycles. The molecular weight excluding hydrogens is 383 g/mol. The minimum atomic E-state index is -3.56. The highest BCUT2D eigenvalue weighted by Gasteiger charge is 2.03. The highest BCUT2D eigenvalue weighted by molar-refractivity contribution is 7.86. The van der Waals surface area contributed by atoms with Gasteiger partial charge in [0, 0.05) is 0 Å². The van der Waals surface area contributed by atoms with Crippen LogP contribution in [0.15, 0.2) is 54.6 Å². The predicted octanol–water partition coefficient (Wildman–Crippen LogP) is 4.63. The van der Waals surface area contributed by atoms with Gasteiger partial charge in [-0.1, -0.05) is 53.5 Å². The van der Waals surface area contributed by atoms with Gasteiger partial charge < -0.3 is 4.18 Å². The Bertz CT molecular complexity index is 930. The van der Waals surface area contributed by atoms with Gasteiger partial charge in [-0.15, -0.1) is 0 Å². The van der Waals surface area contributed by atoms with Crippen LogP contribution in [0.5, 0.6) is 5.75 Å². The van der Waals surface area contributed by atoms with Crippen molar-refractivity contribution in [3.05, 3.63) is 75.8 Å². The minimum absolute atomic E-state index is 0.210. The van der Waals surface area contributed by atoms with Crippen LogP contribution in [0, 0.1) is 0 Å². The van der Waals surface area contributed by atoms with Crippen LogP contribution in [0.4, 0.5) is 0 Å². The molecule has 0 saturated carbocycles. The largest absolute Gasteiger partial charge is 0.383 e. The average molecular weight is 397 g/mol. The lowest BCUT2D eigenvalue weighted by Crippen LogP contribution is -2.05. The van der Waals surface area contributed by atoms with Crippen molar-refractivity contribution >= 4 is 51.3 Å². The maximum Gasteiger partial charge on any atom is 0.306 e. The van der Waals surface area contributed by atoms with Crippen molar-refractivity contribution in [3.63, 3.8) is 0 Å². The Morgan fingerprint density at radius 2 is 1.64 bits per heavy atom. The number of carbonyl (C=O) groups excluding carboxylic acids is 1. The van der Waals surface area contributed by atoms with E-state index in [-0.39, 0.29) is 11.5 Å². The third-order valence-corrected chi connectivity index (χ3v) is 4.31. The van der Waals surface area contributed by atoms with Crippen molar-refractivity contribution in [2.45, 2.75) is 0 Å². The van der Waals surface area contributed by atoms with Crippen LogP contribution < -0.4 is 4.18 Å². The second kappa shape index (κ2) is 8.34. The second-order valence-corrected chi connectivity index (χ2v) is 7.43. The predicted molar refractivity (Wildman–Crippen MR) is 101 cm³/mol. The maximum absolute atomic E-state index is 11.9. The standard InChI is InChI=1S/C18H14Cl2O4S/c1-25(22,23)24-16-11-6-13(7-12-16)5-9-15(21)10-8-14-3-2-4-17(19)18(14)20/h2-12H,1H3/b9-5+,10-8+. The van der Waals surface area contributed by atoms with Crippen molar-refractivity contribution in [1.82, 2.24) is 0 Å². The SMILES string of the molecule is CS(=O)(=O)Oc1ccc(/C=C/C(=O)/C=C/c2cccc(Cl)c2Cl)cc1. The van der Waals surface area contributed by atoms with E-state index in [0.29, 0.717) is 15.6 Å². The first-order chi connectivity index (χ1) is 11.7. The summed E-state index contributed by atoms with van der Waals surface area (Å²) in [4.78, 5) is 11.9. The molecule has 2 aromatic rings. The fourth-order valence-corrected chi connectivity index (χ4v) is 2.70. The van der Waals surface area contributed by atoms with E-state index in [4.69, 9.17) is 27.4 Å². The molecular formula is C18H14Cl2O4S. The van der Waals surface area contributed by atoms with Crippen LogP contribution in [-0.2, 0) is 14.9 Å². The van der Waals surface area contributed by atoms with Gasteiger partial charge in [-0.25, -0.2) is 0 Å². The van der Waals surface area contributed by atoms with Crippen LogP contribution in [0.3, 0.4) is 0 Å². The molecule has 2 rings (SSSR count). The highest BCUT2D eigenvalue weighted by Crippen LogP contribution is 2.26. The molecule has 0 aliphatic rings. The Morgan fingerprint density at radius 3 is 2.28 bits per heavy atom. The van der Waals surface area contributed by atoms with Crippen molar-refractivity contribution < 1.29 is 17.4 Å². The van der Waals surface area contributed by atoms with E-state index in [2.05, 4.69) is 0 Å². The number of carbonyl (C=O) groups is 1. The summed E-state index contributed by atoms with van der Waals surface area (Å²) in [6, 6.07) is 11.5. The van der Waals surface area contributed by atoms with Crippen LogP contribution in [0.2, 0.25) is 10.0 Å². The maximum atomic E-state index is 11.9. The third kappa shape index (κ3) is 6.38. The van der Waals surface area contributed by atoms with Gasteiger partial charge in [0.05, 0.1) is 16.3 Å². The molecule has 0 fully saturated rings. The molecule has 0 N–H and O–H groups in total. The van der Waals surface area contributed by atoms with Gasteiger partial charge in [-0.2, -0.15) is 8.42 Å². The molecule has 0 unspecified atom stereocenters. The van der Waals surface area contributed by atoms with Crippen LogP contribution >= 0.6 is 23.2 Å². The first-order valence-electron chi connectivity index (χ1n) is 7.08. The molecule has 0 saturated heterocycles. The molecule has 0 bridgehead atoms. The van der Waals surface area contributed by atoms with Crippen LogP contribution in [-0.4, -0.2) is 20.5 Å². The van der Waals surface area contributed by atoms with Gasteiger partial charge >= 0.3 is 10.1 Å². The summed E-state index contributed by atoms with van der Waals surface area (Å²) in [5.41, 5.74) is 1.38. The zero-order valence-corrected chi connectivity index (χ0v) is 15.5. The first-order valence-corrected chi connectivity index (χ1v) is 9.65. The number of benzene rings is 2. The van der Waals surface area contributed by atoms with Gasteiger partial charge in [-0.3, -0.25) is 4.79 Å². The van der Waals surface area contributed by atoms with Crippen molar-refractivity contribution in [2.24, 2.45) is 0 Å². The minimum Gasteiger partial charge on any atom is -0.383 e. The van der Waals surface area contributed by atoms with Gasteiger partial charge in [-0.05, 0) is 47.6 Å². The van der Waals surface area contributed by atoms with E-state index in [9.17, 15) is 13.2 Å². The fourth-order valence-electron chi connectivity index (χ4n) is 1.86. The van der Waals surface area contributed by atoms with Gasteiger partial charge in [0.25, 0.3) is 0 Å². The molecule has 130 valence electrons. The molecule has 0 aliphatic heterocycles. The molecule has 25 heavy (non-hydrogen) atoms. The molecule has 0 amide bonds. The zero-order valence-electron chi connectivity index (χ0n) is 13.1. The smallest absolute Gasteiger partial charge is 0.306 e. The van der Waals surface area contributed by atoms with E-state index in [1.165, 1.54) is 24.3 Å². The average Bonchev–Trinajstić information content (AvgIpc) is 2.54. The second-order valence-electron chi connectivity index (χ2n) is 5.07. The molecule has 0 radical (unpaired) electrons. The van der Waals surface area contributed by atoms with Crippen molar-refractivity contribution in [2.75, 3.05) is 6.26 Å². The summed E-state index contributed by atoms with van der Waals surface area (Å²) >= 11 is 12.0. The number of halogens is 2. The zero-order chi connectivity index (χ0) is 18.4. The van der Waals surface area contributed by atoms with Crippen molar-refractivity contribution in [1.29, 1.82) is 0 Å². The van der Waals surface area contributed by atoms with Gasteiger partial charge in [0.1, 0.15) is 5.75 Å². The number of ketones is 1. The summed E-state index contributed by atoms with van der Waals surface area (Å²) in [6.07, 6.45) is 6.94. The highest BCUT2D eigenvalue weighted by atomic mass is 35.5. The van der Waals surface area contributed by atoms with E-state index >= 15 is 0 Å². The molecule has 0 spiro atoms. The van der Waals surface area contributed by atoms with E-state index < -0.39 is 10.1 Å². The Hall–Kier alpha value is -2.08. The van der Waals surface area contributed by atoms with Gasteiger partial charge in [0.2, 0.25) is 0 Å². The Morgan fingerprint density at radius 1 is 1.00 bits per heavy atom. The third-order valence-electron chi connectivity index (χ3n) is 2.98. The normalized spacial score (nSPS) is 12.0. The van der Waals surface area contributed by atoms with Crippen molar-refractivity contribution in [3.8, 4) is 5.75 Å². The lowest BCUT2D eigenvalue weighted by molar-refractivity contribution is -0.110. The van der Waals surface area contributed by atoms with Crippen LogP contribution in [0.1, 0.15) is 11.1 Å². The molecule has 0 atom stereocenters. The molecule has 0 aromatic heterocycles. The summed E-state index contributed by atoms with van der Waals surface area (Å²) in [5, 5.41) is 0.807. The van der Waals surface area contributed by atoms with E-state index in [1.54, 1.807) is 42.5 Å². The summed E-state index contributed by atoms with van der Waals surface area (Å²) in [6.45, 7) is 0. The Balaban J connectivity index is 2.02. The first kappa shape index (κ1) is 19.2. The molecule has 0 heterocycles. The monoisotopic (exact) mass is 396 g/mol. The topological polar surface area (TPSA) is 60.4 Å². The van der Waals surface area contributed by atoms with E-state index in [1.807, 2.05) is 0 Å². The van der Waals surface area contributed by atoms with Gasteiger partial charge in [0.15, 0.2) is 5.78 Å². The lowest BCUT2D eigenvalue weighted by Gasteiger charge is -2.02. The molecule has 7 heteroatoms. The van der Waals surface area contributed by atoms with E-state index in [0.717, 1.165) is 11.8 Å². The lowest BCUT2D eigenvalue weighted by atomic mass is 10.1. The Kier molecular flexibility index (Phi) is 6.42. The summed E-state index contributed by atoms with van der Waals surface area (Å²) in [5.74, 6) is -0.0195. The quantitative estimate of drug-likeness (QED) is 0.527. The molecule has 0 aliphatic carbocycles. The number of allylic oxidation sites excluding steroid dienone is 2. The fraction of sp³-hybridized carbons (Fsp3) is 0.0556. The number of hydrogen-bond acceptors (Lipinski definition) is 4. The Labute approximate surface area is 156 Å².